The van der Waals surface area contributed by atoms with E-state index < -0.39 is 12.0 Å². The summed E-state index contributed by atoms with van der Waals surface area (Å²) in [6.07, 6.45) is 0.407. The van der Waals surface area contributed by atoms with Crippen molar-refractivity contribution < 1.29 is 24.6 Å². The normalized spacial score (nSPS) is 11.5. The van der Waals surface area contributed by atoms with Gasteiger partial charge in [0.25, 0.3) is 11.8 Å². The van der Waals surface area contributed by atoms with Crippen LogP contribution in [0.5, 0.6) is 0 Å². The minimum Gasteiger partial charge on any atom is -0.481 e. The molecular formula is C34H34N2O5. The van der Waals surface area contributed by atoms with Gasteiger partial charge < -0.3 is 20.4 Å². The summed E-state index contributed by atoms with van der Waals surface area (Å²) in [6.45, 7) is 2.15. The number of carboxylic acids is 1. The number of aryl methyl sites for hydroxylation is 1. The minimum atomic E-state index is -0.981. The molecule has 0 fully saturated rings. The number of carbonyl (C=O) groups is 3. The van der Waals surface area contributed by atoms with Crippen molar-refractivity contribution in [2.75, 3.05) is 19.7 Å². The zero-order chi connectivity index (χ0) is 29.2. The fourth-order valence-electron chi connectivity index (χ4n) is 4.84. The summed E-state index contributed by atoms with van der Waals surface area (Å²) in [4.78, 5) is 40.4. The maximum atomic E-state index is 13.9. The number of hydrogen-bond acceptors (Lipinski definition) is 4. The number of aliphatic hydroxyl groups is 1. The Kier molecular flexibility index (Phi) is 10.0. The minimum absolute atomic E-state index is 0.0613. The van der Waals surface area contributed by atoms with Crippen LogP contribution in [0.15, 0.2) is 103 Å². The summed E-state index contributed by atoms with van der Waals surface area (Å²) in [5.74, 6) is -1.66. The van der Waals surface area contributed by atoms with E-state index in [1.165, 1.54) is 0 Å². The van der Waals surface area contributed by atoms with Gasteiger partial charge in [0.05, 0.1) is 19.1 Å². The summed E-state index contributed by atoms with van der Waals surface area (Å²) in [6, 6.07) is 30.6. The number of carboxylic acid groups (broad SMARTS) is 1. The third kappa shape index (κ3) is 7.47. The predicted molar refractivity (Wildman–Crippen MR) is 159 cm³/mol. The third-order valence-corrected chi connectivity index (χ3v) is 7.10. The van der Waals surface area contributed by atoms with E-state index in [0.717, 1.165) is 16.7 Å². The highest BCUT2D eigenvalue weighted by Crippen LogP contribution is 2.29. The second-order valence-electron chi connectivity index (χ2n) is 9.82. The molecule has 41 heavy (non-hydrogen) atoms. The van der Waals surface area contributed by atoms with E-state index in [-0.39, 0.29) is 31.4 Å². The van der Waals surface area contributed by atoms with Crippen molar-refractivity contribution in [3.05, 3.63) is 131 Å². The summed E-state index contributed by atoms with van der Waals surface area (Å²) >= 11 is 0. The van der Waals surface area contributed by atoms with Crippen LogP contribution in [0.25, 0.3) is 11.1 Å². The topological polar surface area (TPSA) is 107 Å². The van der Waals surface area contributed by atoms with E-state index in [2.05, 4.69) is 5.32 Å². The molecule has 4 aromatic rings. The van der Waals surface area contributed by atoms with Gasteiger partial charge in [-0.3, -0.25) is 14.4 Å². The van der Waals surface area contributed by atoms with E-state index in [1.54, 1.807) is 53.4 Å². The summed E-state index contributed by atoms with van der Waals surface area (Å²) in [7, 11) is 0. The number of nitrogens with zero attached hydrogens (tertiary/aromatic N) is 1. The molecule has 0 aliphatic rings. The molecule has 1 atom stereocenters. The van der Waals surface area contributed by atoms with E-state index in [4.69, 9.17) is 0 Å². The van der Waals surface area contributed by atoms with Crippen LogP contribution in [0, 0.1) is 6.92 Å². The first-order chi connectivity index (χ1) is 19.9. The zero-order valence-electron chi connectivity index (χ0n) is 23.0. The first kappa shape index (κ1) is 29.2. The third-order valence-electron chi connectivity index (χ3n) is 7.10. The molecule has 7 heteroatoms. The molecule has 0 aliphatic heterocycles. The number of aliphatic hydroxyl groups excluding tert-OH is 1. The first-order valence-electron chi connectivity index (χ1n) is 13.6. The predicted octanol–water partition coefficient (Wildman–Crippen LogP) is 5.29. The van der Waals surface area contributed by atoms with Crippen molar-refractivity contribution in [3.63, 3.8) is 0 Å². The highest BCUT2D eigenvalue weighted by Gasteiger charge is 2.24. The van der Waals surface area contributed by atoms with Crippen molar-refractivity contribution in [2.45, 2.75) is 25.8 Å². The molecule has 0 aromatic heterocycles. The Morgan fingerprint density at radius 2 is 1.34 bits per heavy atom. The number of amides is 2. The molecular weight excluding hydrogens is 516 g/mol. The average molecular weight is 551 g/mol. The lowest BCUT2D eigenvalue weighted by atomic mass is 9.93. The molecule has 0 saturated heterocycles. The Morgan fingerprint density at radius 1 is 0.756 bits per heavy atom. The van der Waals surface area contributed by atoms with Crippen LogP contribution in [0.4, 0.5) is 0 Å². The SMILES string of the molecule is Cc1ccccc1CCN(CCC(=O)O)C(=O)c1ccccc1-c1ccccc1C(=O)N[C@@H](CO)c1ccccc1. The number of hydrogen-bond donors (Lipinski definition) is 3. The maximum absolute atomic E-state index is 13.9. The van der Waals surface area contributed by atoms with Crippen LogP contribution in [-0.2, 0) is 11.2 Å². The fourth-order valence-corrected chi connectivity index (χ4v) is 4.84. The number of nitrogens with one attached hydrogen (secondary N) is 1. The van der Waals surface area contributed by atoms with Gasteiger partial charge >= 0.3 is 5.97 Å². The van der Waals surface area contributed by atoms with Crippen LogP contribution >= 0.6 is 0 Å². The smallest absolute Gasteiger partial charge is 0.305 e. The Balaban J connectivity index is 1.64. The maximum Gasteiger partial charge on any atom is 0.305 e. The van der Waals surface area contributed by atoms with Gasteiger partial charge in [-0.2, -0.15) is 0 Å². The Labute approximate surface area is 240 Å². The highest BCUT2D eigenvalue weighted by molar-refractivity contribution is 6.06. The summed E-state index contributed by atoms with van der Waals surface area (Å²) in [5.41, 5.74) is 4.85. The van der Waals surface area contributed by atoms with Crippen molar-refractivity contribution in [3.8, 4) is 11.1 Å². The van der Waals surface area contributed by atoms with Crippen LogP contribution < -0.4 is 5.32 Å². The molecule has 0 unspecified atom stereocenters. The van der Waals surface area contributed by atoms with Crippen molar-refractivity contribution in [2.24, 2.45) is 0 Å². The monoisotopic (exact) mass is 550 g/mol. The number of carbonyl (C=O) groups excluding carboxylic acids is 2. The molecule has 0 bridgehead atoms. The molecule has 0 spiro atoms. The molecule has 2 amide bonds. The quantitative estimate of drug-likeness (QED) is 0.222. The van der Waals surface area contributed by atoms with Crippen molar-refractivity contribution in [1.82, 2.24) is 10.2 Å². The van der Waals surface area contributed by atoms with Crippen molar-refractivity contribution >= 4 is 17.8 Å². The Hall–Kier alpha value is -4.75. The zero-order valence-corrected chi connectivity index (χ0v) is 23.0. The molecule has 0 saturated carbocycles. The number of aliphatic carboxylic acids is 1. The summed E-state index contributed by atoms with van der Waals surface area (Å²) < 4.78 is 0. The molecule has 0 radical (unpaired) electrons. The second kappa shape index (κ2) is 14.1. The molecule has 4 aromatic carbocycles. The summed E-state index contributed by atoms with van der Waals surface area (Å²) in [5, 5.41) is 22.2. The molecule has 0 aliphatic carbocycles. The highest BCUT2D eigenvalue weighted by atomic mass is 16.4. The lowest BCUT2D eigenvalue weighted by molar-refractivity contribution is -0.137. The van der Waals surface area contributed by atoms with Gasteiger partial charge in [-0.25, -0.2) is 0 Å². The molecule has 7 nitrogen and oxygen atoms in total. The van der Waals surface area contributed by atoms with E-state index in [1.807, 2.05) is 61.5 Å². The van der Waals surface area contributed by atoms with Crippen LogP contribution in [0.2, 0.25) is 0 Å². The fraction of sp³-hybridized carbons (Fsp3) is 0.206. The van der Waals surface area contributed by atoms with E-state index in [0.29, 0.717) is 35.2 Å². The van der Waals surface area contributed by atoms with Crippen LogP contribution in [0.3, 0.4) is 0 Å². The molecule has 4 rings (SSSR count). The van der Waals surface area contributed by atoms with Gasteiger partial charge in [0.1, 0.15) is 0 Å². The van der Waals surface area contributed by atoms with Crippen LogP contribution in [-0.4, -0.2) is 52.6 Å². The second-order valence-corrected chi connectivity index (χ2v) is 9.82. The van der Waals surface area contributed by atoms with Crippen LogP contribution in [0.1, 0.15) is 49.9 Å². The van der Waals surface area contributed by atoms with Crippen molar-refractivity contribution in [1.29, 1.82) is 0 Å². The molecule has 0 heterocycles. The van der Waals surface area contributed by atoms with E-state index in [9.17, 15) is 24.6 Å². The molecule has 3 N–H and O–H groups in total. The van der Waals surface area contributed by atoms with Gasteiger partial charge in [0.2, 0.25) is 0 Å². The van der Waals surface area contributed by atoms with E-state index >= 15 is 0 Å². The van der Waals surface area contributed by atoms with Gasteiger partial charge in [0, 0.05) is 24.2 Å². The number of benzene rings is 4. The van der Waals surface area contributed by atoms with Gasteiger partial charge in [-0.15, -0.1) is 0 Å². The average Bonchev–Trinajstić information content (AvgIpc) is 3.00. The Morgan fingerprint density at radius 3 is 2.00 bits per heavy atom. The Bertz CT molecular complexity index is 1500. The van der Waals surface area contributed by atoms with Gasteiger partial charge in [-0.05, 0) is 53.3 Å². The first-order valence-corrected chi connectivity index (χ1v) is 13.6. The lowest BCUT2D eigenvalue weighted by Gasteiger charge is -2.24. The number of rotatable bonds is 12. The lowest BCUT2D eigenvalue weighted by Crippen LogP contribution is -2.35. The standard InChI is InChI=1S/C34H34N2O5/c1-24-11-5-6-12-25(24)19-21-36(22-20-32(38)39)34(41)30-18-10-8-16-28(30)27-15-7-9-17-29(27)33(40)35-31(23-37)26-13-3-2-4-14-26/h2-18,31,37H,19-23H2,1H3,(H,35,40)(H,38,39)/t31-/m0/s1. The van der Waals surface area contributed by atoms with Gasteiger partial charge in [-0.1, -0.05) is 91.0 Å². The largest absolute Gasteiger partial charge is 0.481 e. The van der Waals surface area contributed by atoms with Gasteiger partial charge in [0.15, 0.2) is 0 Å². The molecule has 210 valence electrons.